The average Bonchev–Trinajstić information content (AvgIpc) is 2.80. The van der Waals surface area contributed by atoms with Crippen molar-refractivity contribution in [2.45, 2.75) is 0 Å². The lowest BCUT2D eigenvalue weighted by molar-refractivity contribution is -0.385. The first kappa shape index (κ1) is 24.9. The number of nitro benzene ring substituents is 2. The maximum absolute atomic E-state index is 12.4. The van der Waals surface area contributed by atoms with Gasteiger partial charge in [-0.1, -0.05) is 12.1 Å². The Kier molecular flexibility index (Phi) is 7.45. The van der Waals surface area contributed by atoms with Gasteiger partial charge in [0.15, 0.2) is 5.43 Å². The highest BCUT2D eigenvalue weighted by Crippen LogP contribution is 2.32. The second-order valence-corrected chi connectivity index (χ2v) is 8.14. The molecule has 2 aromatic carbocycles. The number of hydrogen-bond acceptors (Lipinski definition) is 8. The Morgan fingerprint density at radius 2 is 1.11 bits per heavy atom. The molecule has 0 aliphatic rings. The second-order valence-electron chi connectivity index (χ2n) is 8.14. The van der Waals surface area contributed by atoms with E-state index >= 15 is 0 Å². The summed E-state index contributed by atoms with van der Waals surface area (Å²) in [5, 5.41) is 23.3. The molecule has 35 heavy (non-hydrogen) atoms. The molecule has 3 rings (SSSR count). The Morgan fingerprint density at radius 3 is 1.46 bits per heavy atom. The Hall–Kier alpha value is -4.73. The molecule has 0 saturated heterocycles. The summed E-state index contributed by atoms with van der Waals surface area (Å²) in [7, 11) is 7.19. The van der Waals surface area contributed by atoms with Gasteiger partial charge in [-0.3, -0.25) is 25.0 Å². The number of hydrogen-bond donors (Lipinski definition) is 0. The van der Waals surface area contributed by atoms with Crippen molar-refractivity contribution in [2.75, 3.05) is 28.2 Å². The molecule has 180 valence electrons. The molecule has 0 atom stereocenters. The van der Waals surface area contributed by atoms with Gasteiger partial charge in [-0.2, -0.15) is 0 Å². The molecule has 0 spiro atoms. The molecule has 0 aliphatic heterocycles. The Morgan fingerprint density at radius 1 is 0.714 bits per heavy atom. The van der Waals surface area contributed by atoms with E-state index in [1.54, 1.807) is 86.8 Å². The lowest BCUT2D eigenvalue weighted by Crippen LogP contribution is -2.01. The fourth-order valence-corrected chi connectivity index (χ4v) is 3.21. The van der Waals surface area contributed by atoms with E-state index in [1.165, 1.54) is 24.3 Å². The smallest absolute Gasteiger partial charge is 0.277 e. The van der Waals surface area contributed by atoms with Crippen molar-refractivity contribution in [3.8, 4) is 22.6 Å². The molecule has 0 bridgehead atoms. The normalized spacial score (nSPS) is 11.2. The van der Waals surface area contributed by atoms with E-state index < -0.39 is 15.3 Å². The summed E-state index contributed by atoms with van der Waals surface area (Å²) in [6.07, 6.45) is 6.60. The third-order valence-electron chi connectivity index (χ3n) is 4.89. The van der Waals surface area contributed by atoms with Crippen LogP contribution in [0.5, 0.6) is 0 Å². The summed E-state index contributed by atoms with van der Waals surface area (Å²) in [6, 6.07) is 11.5. The van der Waals surface area contributed by atoms with E-state index in [0.717, 1.165) is 0 Å². The third kappa shape index (κ3) is 6.20. The van der Waals surface area contributed by atoms with Crippen LogP contribution in [-0.4, -0.2) is 47.8 Å². The molecule has 0 saturated carbocycles. The lowest BCUT2D eigenvalue weighted by atomic mass is 10.0. The van der Waals surface area contributed by atoms with Crippen LogP contribution in [0.4, 0.5) is 11.4 Å². The minimum atomic E-state index is -0.510. The van der Waals surface area contributed by atoms with E-state index in [0.29, 0.717) is 22.3 Å². The van der Waals surface area contributed by atoms with Gasteiger partial charge in [-0.15, -0.1) is 0 Å². The van der Waals surface area contributed by atoms with Crippen LogP contribution in [0.3, 0.4) is 0 Å². The van der Waals surface area contributed by atoms with Crippen molar-refractivity contribution in [2.24, 2.45) is 0 Å². The van der Waals surface area contributed by atoms with Gasteiger partial charge in [0, 0.05) is 63.6 Å². The molecule has 0 unspecified atom stereocenters. The topological polar surface area (TPSA) is 123 Å². The van der Waals surface area contributed by atoms with Crippen LogP contribution in [0, 0.1) is 20.2 Å². The zero-order valence-corrected chi connectivity index (χ0v) is 19.7. The Bertz CT molecular complexity index is 1290. The van der Waals surface area contributed by atoms with Gasteiger partial charge in [0.1, 0.15) is 11.5 Å². The molecule has 1 heterocycles. The number of benzene rings is 2. The molecule has 0 N–H and O–H groups in total. The van der Waals surface area contributed by atoms with Crippen LogP contribution in [0.25, 0.3) is 34.8 Å². The molecule has 0 fully saturated rings. The molecule has 3 aromatic rings. The molecule has 10 nitrogen and oxygen atoms in total. The summed E-state index contributed by atoms with van der Waals surface area (Å²) in [5.41, 5.74) is 0.739. The minimum Gasteiger partial charge on any atom is -0.456 e. The molecule has 0 radical (unpaired) electrons. The van der Waals surface area contributed by atoms with Crippen LogP contribution in [0.15, 0.2) is 70.1 Å². The summed E-state index contributed by atoms with van der Waals surface area (Å²) in [6.45, 7) is 0. The minimum absolute atomic E-state index is 0.109. The van der Waals surface area contributed by atoms with Crippen molar-refractivity contribution >= 4 is 23.5 Å². The quantitative estimate of drug-likeness (QED) is 0.334. The standard InChI is InChI=1S/C25H24N4O6/c1-26(2)11-9-17-5-7-19(13-22(17)28(31)32)24-15-21(30)16-25(35-24)20-8-6-18(10-12-27(3)4)23(14-20)29(33)34/h5-16H,1-4H3/b11-9+,12-10+. The Labute approximate surface area is 201 Å². The van der Waals surface area contributed by atoms with Gasteiger partial charge in [0.2, 0.25) is 0 Å². The molecular weight excluding hydrogens is 452 g/mol. The first-order valence-corrected chi connectivity index (χ1v) is 10.5. The van der Waals surface area contributed by atoms with Crippen molar-refractivity contribution in [1.29, 1.82) is 0 Å². The highest BCUT2D eigenvalue weighted by molar-refractivity contribution is 5.72. The van der Waals surface area contributed by atoms with Crippen molar-refractivity contribution < 1.29 is 14.3 Å². The van der Waals surface area contributed by atoms with Gasteiger partial charge < -0.3 is 14.2 Å². The van der Waals surface area contributed by atoms with Gasteiger partial charge in [-0.05, 0) is 36.7 Å². The predicted octanol–water partition coefficient (Wildman–Crippen LogP) is 4.85. The van der Waals surface area contributed by atoms with Crippen LogP contribution < -0.4 is 5.43 Å². The van der Waals surface area contributed by atoms with E-state index in [9.17, 15) is 25.0 Å². The molecule has 1 aromatic heterocycles. The van der Waals surface area contributed by atoms with Crippen LogP contribution in [0.2, 0.25) is 0 Å². The van der Waals surface area contributed by atoms with E-state index in [-0.39, 0.29) is 22.9 Å². The van der Waals surface area contributed by atoms with E-state index in [2.05, 4.69) is 0 Å². The first-order valence-electron chi connectivity index (χ1n) is 10.5. The van der Waals surface area contributed by atoms with Crippen molar-refractivity contribution in [3.05, 3.63) is 103 Å². The zero-order chi connectivity index (χ0) is 25.7. The number of rotatable bonds is 8. The number of nitro groups is 2. The summed E-state index contributed by atoms with van der Waals surface area (Å²) in [5.74, 6) is 0.218. The second kappa shape index (κ2) is 10.5. The fraction of sp³-hybridized carbons (Fsp3) is 0.160. The highest BCUT2D eigenvalue weighted by Gasteiger charge is 2.18. The summed E-state index contributed by atoms with van der Waals surface area (Å²) in [4.78, 5) is 38.2. The molecule has 0 amide bonds. The first-order chi connectivity index (χ1) is 16.5. The maximum atomic E-state index is 12.4. The van der Waals surface area contributed by atoms with Crippen molar-refractivity contribution in [3.63, 3.8) is 0 Å². The monoisotopic (exact) mass is 476 g/mol. The van der Waals surface area contributed by atoms with Crippen molar-refractivity contribution in [1.82, 2.24) is 9.80 Å². The molecule has 10 heteroatoms. The van der Waals surface area contributed by atoms with Crippen LogP contribution >= 0.6 is 0 Å². The fourth-order valence-electron chi connectivity index (χ4n) is 3.21. The predicted molar refractivity (Wildman–Crippen MR) is 135 cm³/mol. The van der Waals surface area contributed by atoms with Crippen LogP contribution in [0.1, 0.15) is 11.1 Å². The maximum Gasteiger partial charge on any atom is 0.277 e. The zero-order valence-electron chi connectivity index (χ0n) is 19.7. The van der Waals surface area contributed by atoms with Gasteiger partial charge in [-0.25, -0.2) is 0 Å². The van der Waals surface area contributed by atoms with Crippen LogP contribution in [-0.2, 0) is 0 Å². The summed E-state index contributed by atoms with van der Waals surface area (Å²) < 4.78 is 5.88. The molecular formula is C25H24N4O6. The third-order valence-corrected chi connectivity index (χ3v) is 4.89. The van der Waals surface area contributed by atoms with Gasteiger partial charge in [0.25, 0.3) is 11.4 Å². The summed E-state index contributed by atoms with van der Waals surface area (Å²) >= 11 is 0. The highest BCUT2D eigenvalue weighted by atomic mass is 16.6. The lowest BCUT2D eigenvalue weighted by Gasteiger charge is -2.08. The van der Waals surface area contributed by atoms with Gasteiger partial charge in [0.05, 0.1) is 21.0 Å². The molecule has 0 aliphatic carbocycles. The number of nitrogens with zero attached hydrogens (tertiary/aromatic N) is 4. The van der Waals surface area contributed by atoms with E-state index in [1.807, 2.05) is 0 Å². The SMILES string of the molecule is CN(C)/C=C/c1ccc(-c2cc(=O)cc(-c3ccc(/C=C/N(C)C)c([N+](=O)[O-])c3)o2)cc1[N+](=O)[O-]. The van der Waals surface area contributed by atoms with Gasteiger partial charge >= 0.3 is 0 Å². The van der Waals surface area contributed by atoms with E-state index in [4.69, 9.17) is 4.42 Å². The average molecular weight is 476 g/mol. The Balaban J connectivity index is 2.09. The largest absolute Gasteiger partial charge is 0.456 e.